The molecule has 1 heterocycles. The van der Waals surface area contributed by atoms with Crippen molar-refractivity contribution in [3.63, 3.8) is 0 Å². The normalized spacial score (nSPS) is 30.5. The van der Waals surface area contributed by atoms with Crippen molar-refractivity contribution >= 4 is 17.8 Å². The number of carboxylic acids is 1. The van der Waals surface area contributed by atoms with Gasteiger partial charge in [0.2, 0.25) is 11.8 Å². The van der Waals surface area contributed by atoms with Gasteiger partial charge in [0.15, 0.2) is 0 Å². The van der Waals surface area contributed by atoms with Gasteiger partial charge in [0, 0.05) is 12.6 Å². The average molecular weight is 297 g/mol. The molecule has 3 atom stereocenters. The third-order valence-electron chi connectivity index (χ3n) is 4.37. The topological polar surface area (TPSA) is 98.7 Å². The highest BCUT2D eigenvalue weighted by Crippen LogP contribution is 2.23. The Morgan fingerprint density at radius 3 is 2.76 bits per heavy atom. The molecule has 7 nitrogen and oxygen atoms in total. The lowest BCUT2D eigenvalue weighted by Crippen LogP contribution is -2.59. The van der Waals surface area contributed by atoms with Gasteiger partial charge in [0.25, 0.3) is 0 Å². The lowest BCUT2D eigenvalue weighted by atomic mass is 9.86. The highest BCUT2D eigenvalue weighted by Gasteiger charge is 2.33. The van der Waals surface area contributed by atoms with E-state index in [4.69, 9.17) is 5.11 Å². The largest absolute Gasteiger partial charge is 0.480 e. The molecule has 0 spiro atoms. The van der Waals surface area contributed by atoms with E-state index in [1.54, 1.807) is 0 Å². The summed E-state index contributed by atoms with van der Waals surface area (Å²) in [5, 5.41) is 14.6. The number of carbonyl (C=O) groups excluding carboxylic acids is 2. The molecule has 1 aliphatic heterocycles. The van der Waals surface area contributed by atoms with E-state index >= 15 is 0 Å². The Balaban J connectivity index is 1.90. The van der Waals surface area contributed by atoms with E-state index in [1.807, 2.05) is 0 Å². The summed E-state index contributed by atoms with van der Waals surface area (Å²) < 4.78 is 0. The third kappa shape index (κ3) is 4.17. The van der Waals surface area contributed by atoms with Crippen molar-refractivity contribution in [1.29, 1.82) is 0 Å². The predicted molar refractivity (Wildman–Crippen MR) is 75.6 cm³/mol. The molecule has 2 fully saturated rings. The summed E-state index contributed by atoms with van der Waals surface area (Å²) in [7, 11) is 0. The molecule has 0 aromatic heterocycles. The Morgan fingerprint density at radius 1 is 1.38 bits per heavy atom. The second kappa shape index (κ2) is 6.89. The van der Waals surface area contributed by atoms with Gasteiger partial charge >= 0.3 is 5.97 Å². The van der Waals surface area contributed by atoms with Crippen LogP contribution in [0, 0.1) is 5.92 Å². The molecule has 2 amide bonds. The van der Waals surface area contributed by atoms with Gasteiger partial charge in [-0.05, 0) is 18.8 Å². The number of piperazine rings is 1. The minimum absolute atomic E-state index is 0.0429. The minimum atomic E-state index is -1.02. The number of hydrogen-bond acceptors (Lipinski definition) is 4. The van der Waals surface area contributed by atoms with E-state index < -0.39 is 12.0 Å². The quantitative estimate of drug-likeness (QED) is 0.654. The Bertz CT molecular complexity index is 426. The molecule has 0 bridgehead atoms. The van der Waals surface area contributed by atoms with E-state index in [1.165, 1.54) is 11.3 Å². The van der Waals surface area contributed by atoms with E-state index in [-0.39, 0.29) is 37.5 Å². The van der Waals surface area contributed by atoms with E-state index in [9.17, 15) is 14.4 Å². The van der Waals surface area contributed by atoms with Gasteiger partial charge in [-0.25, -0.2) is 0 Å². The summed E-state index contributed by atoms with van der Waals surface area (Å²) in [6.45, 7) is 2.07. The summed E-state index contributed by atoms with van der Waals surface area (Å²) in [4.78, 5) is 36.1. The van der Waals surface area contributed by atoms with Crippen LogP contribution in [0.2, 0.25) is 0 Å². The van der Waals surface area contributed by atoms with Crippen molar-refractivity contribution in [3.8, 4) is 0 Å². The van der Waals surface area contributed by atoms with Gasteiger partial charge in [-0.3, -0.25) is 19.3 Å². The number of nitrogens with one attached hydrogen (secondary N) is 2. The average Bonchev–Trinajstić information content (AvgIpc) is 2.41. The number of nitrogens with zero attached hydrogens (tertiary/aromatic N) is 1. The molecule has 1 saturated carbocycles. The predicted octanol–water partition coefficient (Wildman–Crippen LogP) is -0.434. The van der Waals surface area contributed by atoms with Crippen LogP contribution in [0.5, 0.6) is 0 Å². The molecule has 1 aliphatic carbocycles. The van der Waals surface area contributed by atoms with E-state index in [0.717, 1.165) is 19.3 Å². The number of carbonyl (C=O) groups is 3. The highest BCUT2D eigenvalue weighted by molar-refractivity contribution is 5.85. The third-order valence-corrected chi connectivity index (χ3v) is 4.37. The van der Waals surface area contributed by atoms with Gasteiger partial charge < -0.3 is 15.7 Å². The van der Waals surface area contributed by atoms with Crippen LogP contribution in [0.15, 0.2) is 0 Å². The van der Waals surface area contributed by atoms with Gasteiger partial charge in [-0.15, -0.1) is 0 Å². The summed E-state index contributed by atoms with van der Waals surface area (Å²) in [6.07, 6.45) is 4.38. The van der Waals surface area contributed by atoms with Crippen molar-refractivity contribution in [2.24, 2.45) is 5.92 Å². The zero-order valence-electron chi connectivity index (χ0n) is 12.3. The maximum absolute atomic E-state index is 12.1. The first-order valence-electron chi connectivity index (χ1n) is 7.50. The van der Waals surface area contributed by atoms with Gasteiger partial charge in [-0.2, -0.15) is 0 Å². The summed E-state index contributed by atoms with van der Waals surface area (Å²) in [6, 6.07) is -0.676. The molecule has 3 N–H and O–H groups in total. The second-order valence-corrected chi connectivity index (χ2v) is 6.00. The van der Waals surface area contributed by atoms with Crippen LogP contribution in [0.1, 0.15) is 32.6 Å². The molecule has 2 rings (SSSR count). The molecule has 0 radical (unpaired) electrons. The SMILES string of the molecule is CC1CCCCC1NC(=O)CN1CC(=O)NCC1C(=O)O. The fourth-order valence-corrected chi connectivity index (χ4v) is 3.07. The molecule has 3 unspecified atom stereocenters. The Labute approximate surface area is 124 Å². The molecule has 0 aromatic carbocycles. The van der Waals surface area contributed by atoms with Gasteiger partial charge in [-0.1, -0.05) is 19.8 Å². The van der Waals surface area contributed by atoms with Crippen LogP contribution < -0.4 is 10.6 Å². The molecular formula is C14H23N3O4. The first-order valence-corrected chi connectivity index (χ1v) is 7.50. The molecule has 21 heavy (non-hydrogen) atoms. The monoisotopic (exact) mass is 297 g/mol. The van der Waals surface area contributed by atoms with Crippen LogP contribution in [0.4, 0.5) is 0 Å². The van der Waals surface area contributed by atoms with Crippen LogP contribution in [0.3, 0.4) is 0 Å². The number of aliphatic carboxylic acids is 1. The first kappa shape index (κ1) is 15.8. The molecule has 2 aliphatic rings. The van der Waals surface area contributed by atoms with Crippen molar-refractivity contribution in [2.45, 2.75) is 44.7 Å². The minimum Gasteiger partial charge on any atom is -0.480 e. The Kier molecular flexibility index (Phi) is 5.17. The van der Waals surface area contributed by atoms with Gasteiger partial charge in [0.1, 0.15) is 6.04 Å². The Morgan fingerprint density at radius 2 is 2.10 bits per heavy atom. The van der Waals surface area contributed by atoms with Crippen LogP contribution in [-0.4, -0.2) is 59.5 Å². The van der Waals surface area contributed by atoms with E-state index in [0.29, 0.717) is 5.92 Å². The van der Waals surface area contributed by atoms with Crippen molar-refractivity contribution in [3.05, 3.63) is 0 Å². The molecule has 1 saturated heterocycles. The lowest BCUT2D eigenvalue weighted by Gasteiger charge is -2.34. The zero-order valence-corrected chi connectivity index (χ0v) is 12.3. The highest BCUT2D eigenvalue weighted by atomic mass is 16.4. The van der Waals surface area contributed by atoms with Crippen molar-refractivity contribution in [1.82, 2.24) is 15.5 Å². The fourth-order valence-electron chi connectivity index (χ4n) is 3.07. The maximum Gasteiger partial charge on any atom is 0.322 e. The molecular weight excluding hydrogens is 274 g/mol. The summed E-state index contributed by atoms with van der Waals surface area (Å²) in [5.74, 6) is -1.02. The molecule has 118 valence electrons. The summed E-state index contributed by atoms with van der Waals surface area (Å²) >= 11 is 0. The van der Waals surface area contributed by atoms with Crippen molar-refractivity contribution in [2.75, 3.05) is 19.6 Å². The number of hydrogen-bond donors (Lipinski definition) is 3. The summed E-state index contributed by atoms with van der Waals surface area (Å²) in [5.41, 5.74) is 0. The number of carboxylic acid groups (broad SMARTS) is 1. The van der Waals surface area contributed by atoms with Crippen LogP contribution >= 0.6 is 0 Å². The van der Waals surface area contributed by atoms with Crippen molar-refractivity contribution < 1.29 is 19.5 Å². The maximum atomic E-state index is 12.1. The zero-order chi connectivity index (χ0) is 15.4. The van der Waals surface area contributed by atoms with Crippen LogP contribution in [-0.2, 0) is 14.4 Å². The first-order chi connectivity index (χ1) is 9.97. The molecule has 7 heteroatoms. The lowest BCUT2D eigenvalue weighted by molar-refractivity contribution is -0.146. The number of amides is 2. The van der Waals surface area contributed by atoms with E-state index in [2.05, 4.69) is 17.6 Å². The smallest absolute Gasteiger partial charge is 0.322 e. The fraction of sp³-hybridized carbons (Fsp3) is 0.786. The van der Waals surface area contributed by atoms with Crippen LogP contribution in [0.25, 0.3) is 0 Å². The number of rotatable bonds is 4. The Hall–Kier alpha value is -1.63. The molecule has 0 aromatic rings. The standard InChI is InChI=1S/C14H23N3O4/c1-9-4-2-3-5-10(9)16-13(19)8-17-7-12(18)15-6-11(17)14(20)21/h9-11H,2-8H2,1H3,(H,15,18)(H,16,19)(H,20,21). The van der Waals surface area contributed by atoms with Gasteiger partial charge in [0.05, 0.1) is 13.1 Å². The second-order valence-electron chi connectivity index (χ2n) is 6.00.